The van der Waals surface area contributed by atoms with Gasteiger partial charge in [-0.25, -0.2) is 9.82 Å². The van der Waals surface area contributed by atoms with Gasteiger partial charge >= 0.3 is 0 Å². The molecule has 5 nitrogen and oxygen atoms in total. The molecule has 0 bridgehead atoms. The Kier molecular flexibility index (Phi) is 5.48. The van der Waals surface area contributed by atoms with E-state index in [1.807, 2.05) is 22.9 Å². The number of carbonyl (C=O) groups is 1. The maximum absolute atomic E-state index is 13.1. The van der Waals surface area contributed by atoms with Crippen molar-refractivity contribution in [1.82, 2.24) is 9.99 Å². The standard InChI is InChI=1S/C19H15BrFN3O2/c1-26-18-9-4-13(20)11-17(18)19(25)23-22-12-16-3-2-10-24(16)15-7-5-14(21)6-8-15/h2-12H,1H3,(H,23,25). The molecule has 0 aliphatic carbocycles. The van der Waals surface area contributed by atoms with E-state index in [9.17, 15) is 9.18 Å². The van der Waals surface area contributed by atoms with Crippen LogP contribution in [0, 0.1) is 5.82 Å². The van der Waals surface area contributed by atoms with Crippen LogP contribution >= 0.6 is 15.9 Å². The number of benzene rings is 2. The summed E-state index contributed by atoms with van der Waals surface area (Å²) in [5.41, 5.74) is 4.38. The van der Waals surface area contributed by atoms with E-state index in [1.54, 1.807) is 30.3 Å². The monoisotopic (exact) mass is 415 g/mol. The molecule has 26 heavy (non-hydrogen) atoms. The Morgan fingerprint density at radius 3 is 2.73 bits per heavy atom. The predicted octanol–water partition coefficient (Wildman–Crippen LogP) is 4.15. The highest BCUT2D eigenvalue weighted by atomic mass is 79.9. The quantitative estimate of drug-likeness (QED) is 0.502. The minimum atomic E-state index is -0.390. The second-order valence-electron chi connectivity index (χ2n) is 5.32. The van der Waals surface area contributed by atoms with Gasteiger partial charge in [0.1, 0.15) is 11.6 Å². The van der Waals surface area contributed by atoms with Crippen LogP contribution in [-0.2, 0) is 0 Å². The van der Waals surface area contributed by atoms with Gasteiger partial charge in [-0.1, -0.05) is 15.9 Å². The van der Waals surface area contributed by atoms with Gasteiger partial charge in [0.2, 0.25) is 0 Å². The fourth-order valence-electron chi connectivity index (χ4n) is 2.41. The lowest BCUT2D eigenvalue weighted by Crippen LogP contribution is -2.18. The Morgan fingerprint density at radius 1 is 1.23 bits per heavy atom. The van der Waals surface area contributed by atoms with Crippen molar-refractivity contribution < 1.29 is 13.9 Å². The van der Waals surface area contributed by atoms with Gasteiger partial charge in [-0.3, -0.25) is 4.79 Å². The number of aromatic nitrogens is 1. The van der Waals surface area contributed by atoms with E-state index in [0.29, 0.717) is 11.3 Å². The van der Waals surface area contributed by atoms with E-state index >= 15 is 0 Å². The van der Waals surface area contributed by atoms with Crippen molar-refractivity contribution in [2.24, 2.45) is 5.10 Å². The van der Waals surface area contributed by atoms with Crippen LogP contribution in [0.25, 0.3) is 5.69 Å². The Hall–Kier alpha value is -2.93. The molecule has 0 unspecified atom stereocenters. The summed E-state index contributed by atoms with van der Waals surface area (Å²) in [6.07, 6.45) is 3.35. The first kappa shape index (κ1) is 17.9. The molecule has 2 aromatic carbocycles. The van der Waals surface area contributed by atoms with Crippen molar-refractivity contribution >= 4 is 28.1 Å². The Morgan fingerprint density at radius 2 is 2.00 bits per heavy atom. The number of halogens is 2. The Labute approximate surface area is 158 Å². The normalized spacial score (nSPS) is 10.9. The summed E-state index contributed by atoms with van der Waals surface area (Å²) >= 11 is 3.33. The predicted molar refractivity (Wildman–Crippen MR) is 101 cm³/mol. The summed E-state index contributed by atoms with van der Waals surface area (Å²) in [5.74, 6) is -0.235. The van der Waals surface area contributed by atoms with Gasteiger partial charge in [-0.2, -0.15) is 5.10 Å². The number of ether oxygens (including phenoxy) is 1. The number of amides is 1. The zero-order valence-electron chi connectivity index (χ0n) is 13.8. The topological polar surface area (TPSA) is 55.6 Å². The number of methoxy groups -OCH3 is 1. The van der Waals surface area contributed by atoms with Crippen molar-refractivity contribution in [3.63, 3.8) is 0 Å². The SMILES string of the molecule is COc1ccc(Br)cc1C(=O)NN=Cc1cccn1-c1ccc(F)cc1. The Balaban J connectivity index is 1.76. The highest BCUT2D eigenvalue weighted by Gasteiger charge is 2.12. The average Bonchev–Trinajstić information content (AvgIpc) is 3.10. The number of hydrazone groups is 1. The molecular weight excluding hydrogens is 401 g/mol. The highest BCUT2D eigenvalue weighted by molar-refractivity contribution is 9.10. The third-order valence-electron chi connectivity index (χ3n) is 3.65. The van der Waals surface area contributed by atoms with Crippen LogP contribution in [0.3, 0.4) is 0 Å². The molecule has 3 aromatic rings. The maximum Gasteiger partial charge on any atom is 0.275 e. The van der Waals surface area contributed by atoms with Crippen LogP contribution in [0.4, 0.5) is 4.39 Å². The molecule has 1 amide bonds. The number of hydrogen-bond donors (Lipinski definition) is 1. The van der Waals surface area contributed by atoms with Gasteiger partial charge in [0.05, 0.1) is 24.6 Å². The number of hydrogen-bond acceptors (Lipinski definition) is 3. The van der Waals surface area contributed by atoms with Crippen LogP contribution in [0.1, 0.15) is 16.1 Å². The minimum absolute atomic E-state index is 0.300. The van der Waals surface area contributed by atoms with Crippen LogP contribution in [0.2, 0.25) is 0 Å². The van der Waals surface area contributed by atoms with E-state index in [1.165, 1.54) is 25.5 Å². The van der Waals surface area contributed by atoms with E-state index in [-0.39, 0.29) is 11.7 Å². The number of rotatable bonds is 5. The van der Waals surface area contributed by atoms with Gasteiger partial charge in [-0.05, 0) is 54.6 Å². The summed E-state index contributed by atoms with van der Waals surface area (Å²) in [7, 11) is 1.50. The molecule has 1 aromatic heterocycles. The molecule has 1 heterocycles. The first-order chi connectivity index (χ1) is 12.6. The molecule has 0 atom stereocenters. The van der Waals surface area contributed by atoms with Crippen molar-refractivity contribution in [2.75, 3.05) is 7.11 Å². The van der Waals surface area contributed by atoms with Crippen molar-refractivity contribution in [2.45, 2.75) is 0 Å². The lowest BCUT2D eigenvalue weighted by atomic mass is 10.2. The first-order valence-electron chi connectivity index (χ1n) is 7.69. The molecule has 0 saturated carbocycles. The molecule has 0 radical (unpaired) electrons. The van der Waals surface area contributed by atoms with Gasteiger partial charge in [0.25, 0.3) is 5.91 Å². The molecule has 1 N–H and O–H groups in total. The van der Waals surface area contributed by atoms with Gasteiger partial charge < -0.3 is 9.30 Å². The lowest BCUT2D eigenvalue weighted by Gasteiger charge is -2.08. The van der Waals surface area contributed by atoms with Crippen LogP contribution in [-0.4, -0.2) is 23.8 Å². The van der Waals surface area contributed by atoms with E-state index < -0.39 is 0 Å². The fourth-order valence-corrected chi connectivity index (χ4v) is 2.77. The molecule has 0 aliphatic heterocycles. The van der Waals surface area contributed by atoms with Crippen molar-refractivity contribution in [3.8, 4) is 11.4 Å². The highest BCUT2D eigenvalue weighted by Crippen LogP contribution is 2.22. The van der Waals surface area contributed by atoms with Crippen LogP contribution < -0.4 is 10.2 Å². The second-order valence-corrected chi connectivity index (χ2v) is 6.24. The fraction of sp³-hybridized carbons (Fsp3) is 0.0526. The molecule has 0 spiro atoms. The lowest BCUT2D eigenvalue weighted by molar-refractivity contribution is 0.0952. The largest absolute Gasteiger partial charge is 0.496 e. The zero-order chi connectivity index (χ0) is 18.5. The third kappa shape index (κ3) is 4.00. The number of nitrogens with zero attached hydrogens (tertiary/aromatic N) is 2. The number of nitrogens with one attached hydrogen (secondary N) is 1. The van der Waals surface area contributed by atoms with E-state index in [4.69, 9.17) is 4.74 Å². The average molecular weight is 416 g/mol. The molecule has 3 rings (SSSR count). The van der Waals surface area contributed by atoms with Gasteiger partial charge in [-0.15, -0.1) is 0 Å². The summed E-state index contributed by atoms with van der Waals surface area (Å²) in [6, 6.07) is 14.9. The van der Waals surface area contributed by atoms with Gasteiger partial charge in [0, 0.05) is 16.4 Å². The molecular formula is C19H15BrFN3O2. The number of carbonyl (C=O) groups excluding carboxylic acids is 1. The Bertz CT molecular complexity index is 952. The van der Waals surface area contributed by atoms with E-state index in [2.05, 4.69) is 26.5 Å². The summed E-state index contributed by atoms with van der Waals surface area (Å²) < 4.78 is 20.9. The molecule has 7 heteroatoms. The first-order valence-corrected chi connectivity index (χ1v) is 8.48. The maximum atomic E-state index is 13.1. The molecule has 0 aliphatic rings. The van der Waals surface area contributed by atoms with Crippen LogP contribution in [0.15, 0.2) is 70.4 Å². The summed E-state index contributed by atoms with van der Waals surface area (Å²) in [5, 5.41) is 4.01. The third-order valence-corrected chi connectivity index (χ3v) is 4.15. The molecule has 132 valence electrons. The van der Waals surface area contributed by atoms with Crippen molar-refractivity contribution in [3.05, 3.63) is 82.3 Å². The second kappa shape index (κ2) is 7.97. The van der Waals surface area contributed by atoms with E-state index in [0.717, 1.165) is 15.9 Å². The zero-order valence-corrected chi connectivity index (χ0v) is 15.4. The smallest absolute Gasteiger partial charge is 0.275 e. The minimum Gasteiger partial charge on any atom is -0.496 e. The van der Waals surface area contributed by atoms with Crippen LogP contribution in [0.5, 0.6) is 5.75 Å². The molecule has 0 fully saturated rings. The van der Waals surface area contributed by atoms with Crippen molar-refractivity contribution in [1.29, 1.82) is 0 Å². The summed E-state index contributed by atoms with van der Waals surface area (Å²) in [6.45, 7) is 0. The molecule has 0 saturated heterocycles. The van der Waals surface area contributed by atoms with Gasteiger partial charge in [0.15, 0.2) is 0 Å². The summed E-state index contributed by atoms with van der Waals surface area (Å²) in [4.78, 5) is 12.3.